The molecule has 0 saturated heterocycles. The quantitative estimate of drug-likeness (QED) is 0.834. The molecule has 0 unspecified atom stereocenters. The molecular weight excluding hydrogens is 244 g/mol. The van der Waals surface area contributed by atoms with Gasteiger partial charge in [0.2, 0.25) is 0 Å². The first-order valence-electron chi connectivity index (χ1n) is 5.47. The summed E-state index contributed by atoms with van der Waals surface area (Å²) in [7, 11) is -4.07. The summed E-state index contributed by atoms with van der Waals surface area (Å²) in [5.74, 6) is 0.265. The molecule has 1 amide bonds. The van der Waals surface area contributed by atoms with Crippen LogP contribution in [0.25, 0.3) is 0 Å². The number of ether oxygens (including phenoxy) is 1. The van der Waals surface area contributed by atoms with Crippen LogP contribution in [0.5, 0.6) is 0 Å². The van der Waals surface area contributed by atoms with Crippen molar-refractivity contribution in [2.45, 2.75) is 46.6 Å². The van der Waals surface area contributed by atoms with Gasteiger partial charge in [-0.15, -0.1) is 0 Å². The lowest BCUT2D eigenvalue weighted by Crippen LogP contribution is -2.44. The molecule has 0 atom stereocenters. The number of hydrogen-bond acceptors (Lipinski definition) is 4. The summed E-state index contributed by atoms with van der Waals surface area (Å²) in [6, 6.07) is 0. The zero-order chi connectivity index (χ0) is 13.9. The number of carbonyl (C=O) groups is 1. The molecule has 0 aromatic rings. The second-order valence-corrected chi connectivity index (χ2v) is 6.75. The predicted octanol–water partition coefficient (Wildman–Crippen LogP) is 1.47. The van der Waals surface area contributed by atoms with Gasteiger partial charge in [0.05, 0.1) is 0 Å². The highest BCUT2D eigenvalue weighted by molar-refractivity contribution is 7.87. The lowest BCUT2D eigenvalue weighted by atomic mass is 10.1. The number of carbonyl (C=O) groups excluding carboxylic acids is 1. The maximum absolute atomic E-state index is 11.7. The molecule has 0 aromatic carbocycles. The first-order chi connectivity index (χ1) is 7.43. The van der Waals surface area contributed by atoms with Gasteiger partial charge in [-0.05, 0) is 33.1 Å². The van der Waals surface area contributed by atoms with Gasteiger partial charge in [0.25, 0.3) is 0 Å². The van der Waals surface area contributed by atoms with Gasteiger partial charge in [0.15, 0.2) is 0 Å². The molecule has 0 radical (unpaired) electrons. The Morgan fingerprint density at radius 3 is 2.12 bits per heavy atom. The van der Waals surface area contributed by atoms with Crippen LogP contribution in [0.4, 0.5) is 4.79 Å². The molecule has 0 rings (SSSR count). The Balaban J connectivity index is 4.77. The van der Waals surface area contributed by atoms with E-state index in [2.05, 4.69) is 0 Å². The highest BCUT2D eigenvalue weighted by atomic mass is 32.2. The minimum absolute atomic E-state index is 0.0331. The molecule has 0 fully saturated rings. The topological polar surface area (TPSA) is 89.7 Å². The lowest BCUT2D eigenvalue weighted by Gasteiger charge is -2.25. The molecule has 0 heterocycles. The van der Waals surface area contributed by atoms with Crippen molar-refractivity contribution in [1.29, 1.82) is 0 Å². The van der Waals surface area contributed by atoms with E-state index in [1.165, 1.54) is 0 Å². The lowest BCUT2D eigenvalue weighted by molar-refractivity contribution is 0.0386. The van der Waals surface area contributed by atoms with Crippen LogP contribution in [0.3, 0.4) is 0 Å². The van der Waals surface area contributed by atoms with Crippen LogP contribution in [0.15, 0.2) is 0 Å². The summed E-state index contributed by atoms with van der Waals surface area (Å²) >= 11 is 0. The fourth-order valence-electron chi connectivity index (χ4n) is 1.01. The van der Waals surface area contributed by atoms with Crippen molar-refractivity contribution in [3.63, 3.8) is 0 Å². The average molecular weight is 266 g/mol. The number of nitrogens with zero attached hydrogens (tertiary/aromatic N) is 1. The van der Waals surface area contributed by atoms with Crippen LogP contribution >= 0.6 is 0 Å². The number of rotatable bonds is 4. The number of hydrogen-bond donors (Lipinski definition) is 1. The van der Waals surface area contributed by atoms with Crippen LogP contribution in [-0.2, 0) is 14.9 Å². The maximum Gasteiger partial charge on any atom is 0.425 e. The van der Waals surface area contributed by atoms with Gasteiger partial charge in [-0.25, -0.2) is 9.93 Å². The standard InChI is InChI=1S/C10H22N2O4S/c1-8(2)6-7-12(17(11,14)15)9(13)16-10(3,4)5/h8H,6-7H2,1-5H3,(H2,11,14,15). The Hall–Kier alpha value is -0.820. The van der Waals surface area contributed by atoms with E-state index in [4.69, 9.17) is 9.88 Å². The van der Waals surface area contributed by atoms with Gasteiger partial charge in [0, 0.05) is 6.54 Å². The van der Waals surface area contributed by atoms with Gasteiger partial charge in [-0.2, -0.15) is 12.7 Å². The van der Waals surface area contributed by atoms with Crippen molar-refractivity contribution in [2.24, 2.45) is 11.1 Å². The predicted molar refractivity (Wildman–Crippen MR) is 65.5 cm³/mol. The van der Waals surface area contributed by atoms with Crippen LogP contribution in [0.2, 0.25) is 0 Å². The molecule has 7 heteroatoms. The molecule has 6 nitrogen and oxygen atoms in total. The number of amides is 1. The molecule has 2 N–H and O–H groups in total. The molecule has 0 saturated carbocycles. The highest BCUT2D eigenvalue weighted by Gasteiger charge is 2.28. The van der Waals surface area contributed by atoms with E-state index in [1.54, 1.807) is 20.8 Å². The first kappa shape index (κ1) is 16.2. The van der Waals surface area contributed by atoms with E-state index in [1.807, 2.05) is 13.8 Å². The molecular formula is C10H22N2O4S. The van der Waals surface area contributed by atoms with Gasteiger partial charge in [-0.3, -0.25) is 0 Å². The zero-order valence-electron chi connectivity index (χ0n) is 11.1. The molecule has 0 spiro atoms. The average Bonchev–Trinajstić information content (AvgIpc) is 1.96. The van der Waals surface area contributed by atoms with E-state index in [0.29, 0.717) is 10.7 Å². The minimum Gasteiger partial charge on any atom is -0.443 e. The summed E-state index contributed by atoms with van der Waals surface area (Å²) in [4.78, 5) is 11.7. The summed E-state index contributed by atoms with van der Waals surface area (Å²) in [5.41, 5.74) is -0.752. The molecule has 17 heavy (non-hydrogen) atoms. The molecule has 0 aromatic heterocycles. The van der Waals surface area contributed by atoms with Crippen LogP contribution < -0.4 is 5.14 Å². The third kappa shape index (κ3) is 7.17. The van der Waals surface area contributed by atoms with Crippen molar-refractivity contribution >= 4 is 16.3 Å². The molecule has 0 aliphatic rings. The first-order valence-corrected chi connectivity index (χ1v) is 6.97. The van der Waals surface area contributed by atoms with Gasteiger partial charge in [0.1, 0.15) is 5.60 Å². The SMILES string of the molecule is CC(C)CCN(C(=O)OC(C)(C)C)S(N)(=O)=O. The molecule has 0 bridgehead atoms. The van der Waals surface area contributed by atoms with Gasteiger partial charge < -0.3 is 4.74 Å². The van der Waals surface area contributed by atoms with Gasteiger partial charge in [-0.1, -0.05) is 13.8 Å². The van der Waals surface area contributed by atoms with Crippen molar-refractivity contribution in [3.8, 4) is 0 Å². The summed E-state index contributed by atoms with van der Waals surface area (Å²) in [6.45, 7) is 8.87. The molecule has 0 aliphatic heterocycles. The largest absolute Gasteiger partial charge is 0.443 e. The van der Waals surface area contributed by atoms with Crippen molar-refractivity contribution in [3.05, 3.63) is 0 Å². The fraction of sp³-hybridized carbons (Fsp3) is 0.900. The van der Waals surface area contributed by atoms with Crippen molar-refractivity contribution in [1.82, 2.24) is 4.31 Å². The van der Waals surface area contributed by atoms with Crippen molar-refractivity contribution < 1.29 is 17.9 Å². The van der Waals surface area contributed by atoms with Crippen LogP contribution in [-0.4, -0.2) is 31.0 Å². The third-order valence-electron chi connectivity index (χ3n) is 1.81. The Morgan fingerprint density at radius 2 is 1.82 bits per heavy atom. The van der Waals surface area contributed by atoms with E-state index < -0.39 is 21.9 Å². The summed E-state index contributed by atoms with van der Waals surface area (Å²) in [5, 5.41) is 4.98. The second-order valence-electron chi connectivity index (χ2n) is 5.28. The maximum atomic E-state index is 11.7. The second kappa shape index (κ2) is 5.68. The Bertz CT molecular complexity index is 357. The Morgan fingerprint density at radius 1 is 1.35 bits per heavy atom. The summed E-state index contributed by atoms with van der Waals surface area (Å²) in [6.07, 6.45) is -0.393. The monoisotopic (exact) mass is 266 g/mol. The normalized spacial score (nSPS) is 12.6. The van der Waals surface area contributed by atoms with E-state index in [0.717, 1.165) is 0 Å². The van der Waals surface area contributed by atoms with E-state index in [9.17, 15) is 13.2 Å². The molecule has 102 valence electrons. The highest BCUT2D eigenvalue weighted by Crippen LogP contribution is 2.13. The Kier molecular flexibility index (Phi) is 5.41. The van der Waals surface area contributed by atoms with Crippen molar-refractivity contribution in [2.75, 3.05) is 6.54 Å². The zero-order valence-corrected chi connectivity index (χ0v) is 11.9. The van der Waals surface area contributed by atoms with E-state index >= 15 is 0 Å². The molecule has 0 aliphatic carbocycles. The third-order valence-corrected chi connectivity index (χ3v) is 2.76. The number of nitrogens with two attached hydrogens (primary N) is 1. The fourth-order valence-corrected chi connectivity index (χ4v) is 1.62. The van der Waals surface area contributed by atoms with Crippen LogP contribution in [0.1, 0.15) is 41.0 Å². The van der Waals surface area contributed by atoms with Gasteiger partial charge >= 0.3 is 16.3 Å². The minimum atomic E-state index is -4.07. The van der Waals surface area contributed by atoms with Crippen LogP contribution in [0, 0.1) is 5.92 Å². The summed E-state index contributed by atoms with van der Waals surface area (Å²) < 4.78 is 28.1. The smallest absolute Gasteiger partial charge is 0.425 e. The Labute approximate surface area is 103 Å². The van der Waals surface area contributed by atoms with E-state index in [-0.39, 0.29) is 12.5 Å².